The molecular weight excluding hydrogens is 194 g/mol. The fourth-order valence-electron chi connectivity index (χ4n) is 2.21. The van der Waals surface area contributed by atoms with Crippen LogP contribution in [0.2, 0.25) is 0 Å². The quantitative estimate of drug-likeness (QED) is 0.740. The summed E-state index contributed by atoms with van der Waals surface area (Å²) in [5, 5.41) is 2.51. The Labute approximate surface area is 97.5 Å². The minimum absolute atomic E-state index is 0.179. The number of benzene rings is 1. The van der Waals surface area contributed by atoms with Gasteiger partial charge in [-0.3, -0.25) is 4.98 Å². The monoisotopic (exact) mass is 213 g/mol. The summed E-state index contributed by atoms with van der Waals surface area (Å²) in [5.74, 6) is 0. The Morgan fingerprint density at radius 2 is 1.81 bits per heavy atom. The van der Waals surface area contributed by atoms with E-state index in [2.05, 4.69) is 56.1 Å². The van der Waals surface area contributed by atoms with Gasteiger partial charge in [-0.1, -0.05) is 51.5 Å². The molecule has 1 heteroatoms. The summed E-state index contributed by atoms with van der Waals surface area (Å²) in [7, 11) is 0. The molecule has 1 heterocycles. The largest absolute Gasteiger partial charge is 0.260 e. The molecule has 0 bridgehead atoms. The predicted molar refractivity (Wildman–Crippen MR) is 69.7 cm³/mol. The molecule has 0 fully saturated rings. The number of fused-ring (bicyclic) bond motifs is 1. The maximum absolute atomic E-state index is 4.60. The van der Waals surface area contributed by atoms with E-state index < -0.39 is 0 Å². The smallest absolute Gasteiger partial charge is 0.0466 e. The van der Waals surface area contributed by atoms with Gasteiger partial charge in [-0.05, 0) is 17.9 Å². The average molecular weight is 213 g/mol. The minimum Gasteiger partial charge on any atom is -0.260 e. The van der Waals surface area contributed by atoms with Gasteiger partial charge >= 0.3 is 0 Å². The summed E-state index contributed by atoms with van der Waals surface area (Å²) in [4.78, 5) is 4.60. The van der Waals surface area contributed by atoms with Crippen molar-refractivity contribution < 1.29 is 0 Å². The van der Waals surface area contributed by atoms with Crippen molar-refractivity contribution in [3.63, 3.8) is 0 Å². The van der Waals surface area contributed by atoms with Crippen LogP contribution < -0.4 is 0 Å². The molecule has 0 saturated heterocycles. The summed E-state index contributed by atoms with van der Waals surface area (Å²) in [5.41, 5.74) is 1.38. The van der Waals surface area contributed by atoms with Gasteiger partial charge in [0.1, 0.15) is 0 Å². The van der Waals surface area contributed by atoms with Crippen molar-refractivity contribution in [2.24, 2.45) is 0 Å². The van der Waals surface area contributed by atoms with Gasteiger partial charge in [-0.15, -0.1) is 0 Å². The molecule has 0 saturated carbocycles. The van der Waals surface area contributed by atoms with Crippen molar-refractivity contribution in [3.8, 4) is 0 Å². The van der Waals surface area contributed by atoms with Crippen molar-refractivity contribution in [1.82, 2.24) is 4.98 Å². The highest BCUT2D eigenvalue weighted by molar-refractivity contribution is 5.81. The first kappa shape index (κ1) is 11.1. The zero-order valence-electron chi connectivity index (χ0n) is 10.3. The van der Waals surface area contributed by atoms with Crippen LogP contribution in [0.15, 0.2) is 36.5 Å². The molecule has 16 heavy (non-hydrogen) atoms. The highest BCUT2D eigenvalue weighted by atomic mass is 14.7. The van der Waals surface area contributed by atoms with Crippen molar-refractivity contribution in [3.05, 3.63) is 42.2 Å². The molecule has 0 amide bonds. The summed E-state index contributed by atoms with van der Waals surface area (Å²) >= 11 is 0. The van der Waals surface area contributed by atoms with Crippen LogP contribution in [0.3, 0.4) is 0 Å². The van der Waals surface area contributed by atoms with Crippen molar-refractivity contribution in [1.29, 1.82) is 0 Å². The topological polar surface area (TPSA) is 12.9 Å². The van der Waals surface area contributed by atoms with Crippen LogP contribution in [0.25, 0.3) is 10.8 Å². The van der Waals surface area contributed by atoms with E-state index >= 15 is 0 Å². The van der Waals surface area contributed by atoms with Crippen LogP contribution in [-0.4, -0.2) is 4.98 Å². The lowest BCUT2D eigenvalue weighted by Gasteiger charge is -2.23. The first-order valence-corrected chi connectivity index (χ1v) is 5.99. The van der Waals surface area contributed by atoms with Gasteiger partial charge in [0.2, 0.25) is 0 Å². The standard InChI is InChI=1S/C15H19N/c1-4-9-15(2,3)14-10-12-7-5-6-8-13(12)11-16-14/h5-8,10-11H,4,9H2,1-3H3. The van der Waals surface area contributed by atoms with Crippen LogP contribution >= 0.6 is 0 Å². The number of aromatic nitrogens is 1. The van der Waals surface area contributed by atoms with E-state index in [9.17, 15) is 0 Å². The third kappa shape index (κ3) is 2.08. The average Bonchev–Trinajstić information content (AvgIpc) is 2.28. The van der Waals surface area contributed by atoms with Crippen molar-refractivity contribution in [2.45, 2.75) is 39.0 Å². The third-order valence-corrected chi connectivity index (χ3v) is 3.20. The highest BCUT2D eigenvalue weighted by Gasteiger charge is 2.20. The molecule has 1 aromatic carbocycles. The fourth-order valence-corrected chi connectivity index (χ4v) is 2.21. The van der Waals surface area contributed by atoms with Gasteiger partial charge < -0.3 is 0 Å². The first-order valence-electron chi connectivity index (χ1n) is 5.99. The molecule has 1 nitrogen and oxygen atoms in total. The molecule has 1 aromatic heterocycles. The van der Waals surface area contributed by atoms with Crippen LogP contribution in [0.4, 0.5) is 0 Å². The first-order chi connectivity index (χ1) is 7.63. The number of pyridine rings is 1. The molecule has 0 aliphatic rings. The summed E-state index contributed by atoms with van der Waals surface area (Å²) < 4.78 is 0. The van der Waals surface area contributed by atoms with Gasteiger partial charge in [0.05, 0.1) is 0 Å². The van der Waals surface area contributed by atoms with E-state index in [0.29, 0.717) is 0 Å². The van der Waals surface area contributed by atoms with E-state index in [4.69, 9.17) is 0 Å². The normalized spacial score (nSPS) is 11.9. The zero-order valence-corrected chi connectivity index (χ0v) is 10.3. The van der Waals surface area contributed by atoms with E-state index in [-0.39, 0.29) is 5.41 Å². The highest BCUT2D eigenvalue weighted by Crippen LogP contribution is 2.28. The Hall–Kier alpha value is -1.37. The maximum Gasteiger partial charge on any atom is 0.0466 e. The van der Waals surface area contributed by atoms with Gasteiger partial charge in [0, 0.05) is 22.7 Å². The van der Waals surface area contributed by atoms with E-state index in [1.54, 1.807) is 0 Å². The molecule has 0 N–H and O–H groups in total. The number of hydrogen-bond acceptors (Lipinski definition) is 1. The lowest BCUT2D eigenvalue weighted by Crippen LogP contribution is -2.18. The Morgan fingerprint density at radius 1 is 1.12 bits per heavy atom. The van der Waals surface area contributed by atoms with E-state index in [0.717, 1.165) is 0 Å². The molecule has 0 spiro atoms. The molecule has 2 rings (SSSR count). The summed E-state index contributed by atoms with van der Waals surface area (Å²) in [6.45, 7) is 6.77. The van der Waals surface area contributed by atoms with Crippen molar-refractivity contribution >= 4 is 10.8 Å². The molecule has 2 aromatic rings. The Balaban J connectivity index is 2.46. The van der Waals surface area contributed by atoms with Gasteiger partial charge in [0.15, 0.2) is 0 Å². The second kappa shape index (κ2) is 4.25. The van der Waals surface area contributed by atoms with Crippen LogP contribution in [0.1, 0.15) is 39.3 Å². The maximum atomic E-state index is 4.60. The van der Waals surface area contributed by atoms with Gasteiger partial charge in [-0.2, -0.15) is 0 Å². The Morgan fingerprint density at radius 3 is 2.50 bits per heavy atom. The molecule has 84 valence electrons. The molecule has 0 aliphatic heterocycles. The molecule has 0 aliphatic carbocycles. The Kier molecular flexibility index (Phi) is 2.95. The molecular formula is C15H19N. The second-order valence-electron chi connectivity index (χ2n) is 5.05. The molecule has 0 radical (unpaired) electrons. The van der Waals surface area contributed by atoms with Gasteiger partial charge in [-0.25, -0.2) is 0 Å². The second-order valence-corrected chi connectivity index (χ2v) is 5.05. The predicted octanol–water partition coefficient (Wildman–Crippen LogP) is 4.31. The lowest BCUT2D eigenvalue weighted by atomic mass is 9.83. The SMILES string of the molecule is CCCC(C)(C)c1cc2ccccc2cn1. The summed E-state index contributed by atoms with van der Waals surface area (Å²) in [6.07, 6.45) is 4.36. The Bertz CT molecular complexity index is 486. The zero-order chi connectivity index (χ0) is 11.6. The number of hydrogen-bond donors (Lipinski definition) is 0. The van der Waals surface area contributed by atoms with Gasteiger partial charge in [0.25, 0.3) is 0 Å². The van der Waals surface area contributed by atoms with E-state index in [1.165, 1.54) is 29.3 Å². The molecule has 0 atom stereocenters. The lowest BCUT2D eigenvalue weighted by molar-refractivity contribution is 0.460. The van der Waals surface area contributed by atoms with Crippen molar-refractivity contribution in [2.75, 3.05) is 0 Å². The number of rotatable bonds is 3. The fraction of sp³-hybridized carbons (Fsp3) is 0.400. The van der Waals surface area contributed by atoms with E-state index in [1.807, 2.05) is 6.20 Å². The van der Waals surface area contributed by atoms with Crippen LogP contribution in [0.5, 0.6) is 0 Å². The van der Waals surface area contributed by atoms with Crippen LogP contribution in [-0.2, 0) is 5.41 Å². The minimum atomic E-state index is 0.179. The summed E-state index contributed by atoms with van der Waals surface area (Å²) in [6, 6.07) is 10.6. The number of nitrogens with zero attached hydrogens (tertiary/aromatic N) is 1. The molecule has 0 unspecified atom stereocenters. The van der Waals surface area contributed by atoms with Crippen LogP contribution in [0, 0.1) is 0 Å². The third-order valence-electron chi connectivity index (χ3n) is 3.20.